The standard InChI is InChI=1S/C22H26N4O3S/c1-3-30(27,28)22(8-9-22)19-13-20(26-11-12-29-14-15(26)2)25-21(24-19)17-5-4-6-18-16(17)7-10-23-18/h4-7,10,13,15,23H,3,8-9,11-12,14H2,1-2H3. The molecule has 1 unspecified atom stereocenters. The number of benzene rings is 1. The van der Waals surface area contributed by atoms with Crippen LogP contribution in [0, 0.1) is 0 Å². The van der Waals surface area contributed by atoms with Gasteiger partial charge in [0.15, 0.2) is 15.7 Å². The van der Waals surface area contributed by atoms with E-state index in [0.29, 0.717) is 37.6 Å². The average Bonchev–Trinajstić information content (AvgIpc) is 3.45. The Balaban J connectivity index is 1.71. The highest BCUT2D eigenvalue weighted by Crippen LogP contribution is 2.53. The highest BCUT2D eigenvalue weighted by Gasteiger charge is 2.56. The van der Waals surface area contributed by atoms with E-state index >= 15 is 0 Å². The first-order valence-corrected chi connectivity index (χ1v) is 12.1. The molecule has 30 heavy (non-hydrogen) atoms. The van der Waals surface area contributed by atoms with Crippen molar-refractivity contribution in [3.05, 3.63) is 42.2 Å². The van der Waals surface area contributed by atoms with E-state index < -0.39 is 14.6 Å². The molecule has 2 aliphatic rings. The predicted molar refractivity (Wildman–Crippen MR) is 117 cm³/mol. The zero-order valence-corrected chi connectivity index (χ0v) is 18.1. The summed E-state index contributed by atoms with van der Waals surface area (Å²) in [5.74, 6) is 1.46. The number of H-pyrrole nitrogens is 1. The average molecular weight is 427 g/mol. The van der Waals surface area contributed by atoms with Gasteiger partial charge < -0.3 is 14.6 Å². The summed E-state index contributed by atoms with van der Waals surface area (Å²) in [4.78, 5) is 15.2. The van der Waals surface area contributed by atoms with Gasteiger partial charge in [-0.3, -0.25) is 0 Å². The number of hydrogen-bond acceptors (Lipinski definition) is 6. The number of sulfone groups is 1. The van der Waals surface area contributed by atoms with Gasteiger partial charge in [0, 0.05) is 41.0 Å². The van der Waals surface area contributed by atoms with E-state index in [1.54, 1.807) is 6.92 Å². The fourth-order valence-electron chi connectivity index (χ4n) is 4.40. The van der Waals surface area contributed by atoms with Crippen molar-refractivity contribution in [2.45, 2.75) is 37.5 Å². The van der Waals surface area contributed by atoms with Crippen LogP contribution < -0.4 is 4.90 Å². The Hall–Kier alpha value is -2.45. The Labute approximate surface area is 176 Å². The van der Waals surface area contributed by atoms with Crippen molar-refractivity contribution in [3.8, 4) is 11.4 Å². The fraction of sp³-hybridized carbons (Fsp3) is 0.455. The maximum atomic E-state index is 13.0. The molecule has 158 valence electrons. The van der Waals surface area contributed by atoms with Crippen LogP contribution in [0.5, 0.6) is 0 Å². The van der Waals surface area contributed by atoms with Crippen molar-refractivity contribution in [1.82, 2.24) is 15.0 Å². The minimum absolute atomic E-state index is 0.114. The van der Waals surface area contributed by atoms with Crippen molar-refractivity contribution in [1.29, 1.82) is 0 Å². The van der Waals surface area contributed by atoms with E-state index in [0.717, 1.165) is 28.8 Å². The van der Waals surface area contributed by atoms with E-state index in [1.165, 1.54) is 0 Å². The molecule has 3 heterocycles. The normalized spacial score (nSPS) is 21.1. The lowest BCUT2D eigenvalue weighted by molar-refractivity contribution is 0.0985. The molecule has 0 amide bonds. The second-order valence-corrected chi connectivity index (χ2v) is 10.8. The van der Waals surface area contributed by atoms with Crippen LogP contribution in [0.25, 0.3) is 22.3 Å². The van der Waals surface area contributed by atoms with E-state index in [1.807, 2.05) is 36.5 Å². The van der Waals surface area contributed by atoms with Gasteiger partial charge in [0.2, 0.25) is 0 Å². The van der Waals surface area contributed by atoms with Gasteiger partial charge in [-0.1, -0.05) is 19.1 Å². The van der Waals surface area contributed by atoms with Crippen LogP contribution in [0.4, 0.5) is 5.82 Å². The molecular formula is C22H26N4O3S. The first-order valence-electron chi connectivity index (χ1n) is 10.5. The largest absolute Gasteiger partial charge is 0.377 e. The van der Waals surface area contributed by atoms with Crippen LogP contribution in [-0.4, -0.2) is 54.9 Å². The number of anilines is 1. The molecular weight excluding hydrogens is 400 g/mol. The maximum Gasteiger partial charge on any atom is 0.162 e. The van der Waals surface area contributed by atoms with Gasteiger partial charge in [-0.2, -0.15) is 0 Å². The number of morpholine rings is 1. The van der Waals surface area contributed by atoms with Crippen LogP contribution in [0.15, 0.2) is 36.5 Å². The molecule has 1 aliphatic heterocycles. The Bertz CT molecular complexity index is 1200. The Morgan fingerprint density at radius 1 is 1.27 bits per heavy atom. The minimum Gasteiger partial charge on any atom is -0.377 e. The van der Waals surface area contributed by atoms with E-state index in [9.17, 15) is 8.42 Å². The number of ether oxygens (including phenoxy) is 1. The zero-order chi connectivity index (χ0) is 20.9. The highest BCUT2D eigenvalue weighted by molar-refractivity contribution is 7.92. The summed E-state index contributed by atoms with van der Waals surface area (Å²) in [6.45, 7) is 5.79. The van der Waals surface area contributed by atoms with Crippen molar-refractivity contribution < 1.29 is 13.2 Å². The van der Waals surface area contributed by atoms with Gasteiger partial charge in [-0.15, -0.1) is 0 Å². The SMILES string of the molecule is CCS(=O)(=O)C1(c2cc(N3CCOCC3C)nc(-c3cccc4[nH]ccc34)n2)CC1. The molecule has 2 aromatic heterocycles. The summed E-state index contributed by atoms with van der Waals surface area (Å²) < 4.78 is 30.6. The molecule has 5 rings (SSSR count). The van der Waals surface area contributed by atoms with Crippen LogP contribution in [-0.2, 0) is 19.3 Å². The lowest BCUT2D eigenvalue weighted by atomic mass is 10.1. The van der Waals surface area contributed by atoms with Crippen molar-refractivity contribution in [2.24, 2.45) is 0 Å². The Morgan fingerprint density at radius 3 is 2.83 bits per heavy atom. The first kappa shape index (κ1) is 19.5. The van der Waals surface area contributed by atoms with Crippen LogP contribution in [0.2, 0.25) is 0 Å². The van der Waals surface area contributed by atoms with E-state index in [4.69, 9.17) is 14.7 Å². The second kappa shape index (κ2) is 7.06. The van der Waals surface area contributed by atoms with Crippen molar-refractivity contribution in [3.63, 3.8) is 0 Å². The molecule has 3 aromatic rings. The van der Waals surface area contributed by atoms with Gasteiger partial charge in [0.05, 0.1) is 24.9 Å². The smallest absolute Gasteiger partial charge is 0.162 e. The topological polar surface area (TPSA) is 88.2 Å². The molecule has 2 fully saturated rings. The molecule has 8 heteroatoms. The van der Waals surface area contributed by atoms with Crippen LogP contribution in [0.3, 0.4) is 0 Å². The lowest BCUT2D eigenvalue weighted by Crippen LogP contribution is -2.44. The lowest BCUT2D eigenvalue weighted by Gasteiger charge is -2.34. The molecule has 1 aliphatic carbocycles. The van der Waals surface area contributed by atoms with E-state index in [2.05, 4.69) is 16.8 Å². The first-order chi connectivity index (χ1) is 14.4. The van der Waals surface area contributed by atoms with Crippen molar-refractivity contribution >= 4 is 26.6 Å². The van der Waals surface area contributed by atoms with Crippen LogP contribution in [0.1, 0.15) is 32.4 Å². The third kappa shape index (κ3) is 3.01. The molecule has 1 aromatic carbocycles. The summed E-state index contributed by atoms with van der Waals surface area (Å²) in [7, 11) is -3.27. The predicted octanol–water partition coefficient (Wildman–Crippen LogP) is 3.27. The summed E-state index contributed by atoms with van der Waals surface area (Å²) in [5, 5.41) is 1.03. The third-order valence-electron chi connectivity index (χ3n) is 6.36. The molecule has 0 spiro atoms. The maximum absolute atomic E-state index is 13.0. The number of aromatic amines is 1. The number of fused-ring (bicyclic) bond motifs is 1. The number of nitrogens with zero attached hydrogens (tertiary/aromatic N) is 3. The number of nitrogens with one attached hydrogen (secondary N) is 1. The Morgan fingerprint density at radius 2 is 2.10 bits per heavy atom. The number of aromatic nitrogens is 3. The molecule has 1 atom stereocenters. The molecule has 0 bridgehead atoms. The van der Waals surface area contributed by atoms with E-state index in [-0.39, 0.29) is 11.8 Å². The van der Waals surface area contributed by atoms with Gasteiger partial charge >= 0.3 is 0 Å². The van der Waals surface area contributed by atoms with Gasteiger partial charge in [0.1, 0.15) is 10.6 Å². The van der Waals surface area contributed by atoms with Gasteiger partial charge in [-0.05, 0) is 31.9 Å². The zero-order valence-electron chi connectivity index (χ0n) is 17.3. The van der Waals surface area contributed by atoms with Gasteiger partial charge in [-0.25, -0.2) is 18.4 Å². The monoisotopic (exact) mass is 426 g/mol. The number of hydrogen-bond donors (Lipinski definition) is 1. The third-order valence-corrected chi connectivity index (χ3v) is 8.92. The summed E-state index contributed by atoms with van der Waals surface area (Å²) in [5.41, 5.74) is 2.53. The molecule has 1 N–H and O–H groups in total. The summed E-state index contributed by atoms with van der Waals surface area (Å²) in [6.07, 6.45) is 3.13. The summed E-state index contributed by atoms with van der Waals surface area (Å²) >= 11 is 0. The fourth-order valence-corrected chi connectivity index (χ4v) is 6.10. The molecule has 7 nitrogen and oxygen atoms in total. The second-order valence-electron chi connectivity index (χ2n) is 8.19. The molecule has 1 saturated carbocycles. The quantitative estimate of drug-likeness (QED) is 0.674. The van der Waals surface area contributed by atoms with Crippen molar-refractivity contribution in [2.75, 3.05) is 30.4 Å². The van der Waals surface area contributed by atoms with Gasteiger partial charge in [0.25, 0.3) is 0 Å². The number of rotatable bonds is 5. The minimum atomic E-state index is -3.27. The van der Waals surface area contributed by atoms with Crippen LogP contribution >= 0.6 is 0 Å². The molecule has 0 radical (unpaired) electrons. The Kier molecular flexibility index (Phi) is 4.59. The summed E-state index contributed by atoms with van der Waals surface area (Å²) in [6, 6.07) is 10.0. The molecule has 1 saturated heterocycles. The highest BCUT2D eigenvalue weighted by atomic mass is 32.2.